The Morgan fingerprint density at radius 3 is 2.00 bits per heavy atom. The van der Waals surface area contributed by atoms with Crippen LogP contribution in [0, 0.1) is 6.92 Å². The second kappa shape index (κ2) is 9.40. The molecule has 0 saturated carbocycles. The van der Waals surface area contributed by atoms with E-state index in [-0.39, 0.29) is 16.8 Å². The van der Waals surface area contributed by atoms with Gasteiger partial charge in [-0.2, -0.15) is 0 Å². The molecule has 0 bridgehead atoms. The minimum absolute atomic E-state index is 0.0225. The Balaban J connectivity index is 2.33. The number of esters is 2. The Hall–Kier alpha value is -3.40. The molecule has 0 aliphatic heterocycles. The highest BCUT2D eigenvalue weighted by Crippen LogP contribution is 2.20. The molecular weight excluding hydrogens is 412 g/mol. The van der Waals surface area contributed by atoms with Gasteiger partial charge >= 0.3 is 11.9 Å². The predicted octanol–water partition coefficient (Wildman–Crippen LogP) is 1.97. The third-order valence-corrected chi connectivity index (χ3v) is 5.18. The summed E-state index contributed by atoms with van der Waals surface area (Å²) in [5.74, 6) is -2.10. The fourth-order valence-corrected chi connectivity index (χ4v) is 3.53. The van der Waals surface area contributed by atoms with Crippen LogP contribution < -0.4 is 9.62 Å². The smallest absolute Gasteiger partial charge is 0.337 e. The highest BCUT2D eigenvalue weighted by molar-refractivity contribution is 7.92. The van der Waals surface area contributed by atoms with Crippen molar-refractivity contribution in [1.29, 1.82) is 0 Å². The third kappa shape index (κ3) is 5.80. The molecular formula is C20H22N2O7S. The van der Waals surface area contributed by atoms with E-state index in [9.17, 15) is 22.8 Å². The van der Waals surface area contributed by atoms with E-state index < -0.39 is 34.4 Å². The lowest BCUT2D eigenvalue weighted by Crippen LogP contribution is -2.37. The van der Waals surface area contributed by atoms with E-state index in [0.717, 1.165) is 16.1 Å². The van der Waals surface area contributed by atoms with Crippen LogP contribution in [0.4, 0.5) is 11.4 Å². The molecule has 0 aromatic heterocycles. The van der Waals surface area contributed by atoms with Gasteiger partial charge in [-0.25, -0.2) is 18.0 Å². The first-order valence-electron chi connectivity index (χ1n) is 8.71. The van der Waals surface area contributed by atoms with Gasteiger partial charge in [-0.15, -0.1) is 0 Å². The van der Waals surface area contributed by atoms with E-state index in [1.807, 2.05) is 0 Å². The number of hydrogen-bond acceptors (Lipinski definition) is 7. The molecule has 0 radical (unpaired) electrons. The zero-order valence-corrected chi connectivity index (χ0v) is 17.8. The summed E-state index contributed by atoms with van der Waals surface area (Å²) in [7, 11) is -1.39. The van der Waals surface area contributed by atoms with Crippen molar-refractivity contribution in [3.05, 3.63) is 59.2 Å². The number of sulfonamides is 1. The van der Waals surface area contributed by atoms with Crippen LogP contribution in [0.1, 0.15) is 26.3 Å². The number of aryl methyl sites for hydroxylation is 1. The van der Waals surface area contributed by atoms with Crippen molar-refractivity contribution in [2.75, 3.05) is 36.6 Å². The summed E-state index contributed by atoms with van der Waals surface area (Å²) >= 11 is 0. The molecule has 0 unspecified atom stereocenters. The molecule has 2 aromatic carbocycles. The Bertz CT molecular complexity index is 1050. The quantitative estimate of drug-likeness (QED) is 0.662. The van der Waals surface area contributed by atoms with Crippen LogP contribution in [0.25, 0.3) is 0 Å². The molecule has 2 aromatic rings. The number of methoxy groups -OCH3 is 2. The van der Waals surface area contributed by atoms with Crippen LogP contribution in [0.5, 0.6) is 0 Å². The predicted molar refractivity (Wildman–Crippen MR) is 111 cm³/mol. The highest BCUT2D eigenvalue weighted by Gasteiger charge is 2.22. The molecule has 0 heterocycles. The van der Waals surface area contributed by atoms with Crippen LogP contribution in [0.3, 0.4) is 0 Å². The number of hydrogen-bond donors (Lipinski definition) is 1. The molecule has 0 atom stereocenters. The molecule has 10 heteroatoms. The molecule has 0 aliphatic carbocycles. The number of amides is 1. The average molecular weight is 434 g/mol. The van der Waals surface area contributed by atoms with Crippen LogP contribution in [0.15, 0.2) is 42.5 Å². The number of rotatable bonds is 7. The van der Waals surface area contributed by atoms with Gasteiger partial charge in [0.25, 0.3) is 0 Å². The monoisotopic (exact) mass is 434 g/mol. The number of nitrogens with one attached hydrogen (secondary N) is 1. The van der Waals surface area contributed by atoms with Gasteiger partial charge in [0.05, 0.1) is 37.3 Å². The minimum atomic E-state index is -3.75. The van der Waals surface area contributed by atoms with Crippen LogP contribution >= 0.6 is 0 Å². The zero-order valence-electron chi connectivity index (χ0n) is 17.0. The lowest BCUT2D eigenvalue weighted by atomic mass is 10.1. The van der Waals surface area contributed by atoms with Crippen molar-refractivity contribution in [3.63, 3.8) is 0 Å². The maximum Gasteiger partial charge on any atom is 0.337 e. The van der Waals surface area contributed by atoms with Crippen molar-refractivity contribution >= 4 is 39.2 Å². The summed E-state index contributed by atoms with van der Waals surface area (Å²) in [4.78, 5) is 36.3. The van der Waals surface area contributed by atoms with E-state index in [1.165, 1.54) is 32.4 Å². The molecule has 0 spiro atoms. The zero-order chi connectivity index (χ0) is 22.5. The SMILES string of the molecule is COC(=O)c1cc(NC(=O)CN(c2cccc(C)c2)S(C)(=O)=O)cc(C(=O)OC)c1. The molecule has 0 fully saturated rings. The van der Waals surface area contributed by atoms with Gasteiger partial charge in [-0.05, 0) is 42.8 Å². The first kappa shape index (κ1) is 22.9. The van der Waals surface area contributed by atoms with E-state index in [4.69, 9.17) is 0 Å². The second-order valence-corrected chi connectivity index (χ2v) is 8.35. The van der Waals surface area contributed by atoms with Gasteiger partial charge < -0.3 is 14.8 Å². The van der Waals surface area contributed by atoms with Crippen molar-refractivity contribution in [2.24, 2.45) is 0 Å². The Morgan fingerprint density at radius 2 is 1.53 bits per heavy atom. The van der Waals surface area contributed by atoms with Crippen LogP contribution in [0.2, 0.25) is 0 Å². The topological polar surface area (TPSA) is 119 Å². The molecule has 160 valence electrons. The first-order chi connectivity index (χ1) is 14.0. The van der Waals surface area contributed by atoms with Crippen molar-refractivity contribution < 1.29 is 32.3 Å². The van der Waals surface area contributed by atoms with Crippen LogP contribution in [-0.4, -0.2) is 53.3 Å². The van der Waals surface area contributed by atoms with Gasteiger partial charge in [0.15, 0.2) is 0 Å². The standard InChI is InChI=1S/C20H22N2O7S/c1-13-6-5-7-17(8-13)22(30(4,26)27)12-18(23)21-16-10-14(19(24)28-2)9-15(11-16)20(25)29-3/h5-11H,12H2,1-4H3,(H,21,23). The molecule has 1 amide bonds. The van der Waals surface area contributed by atoms with E-state index in [0.29, 0.717) is 5.69 Å². The third-order valence-electron chi connectivity index (χ3n) is 4.04. The summed E-state index contributed by atoms with van der Waals surface area (Å²) in [6, 6.07) is 10.6. The molecule has 9 nitrogen and oxygen atoms in total. The Morgan fingerprint density at radius 1 is 0.967 bits per heavy atom. The summed E-state index contributed by atoms with van der Waals surface area (Å²) in [5.41, 5.74) is 1.32. The molecule has 2 rings (SSSR count). The molecule has 0 saturated heterocycles. The summed E-state index contributed by atoms with van der Waals surface area (Å²) in [5, 5.41) is 2.51. The van der Waals surface area contributed by atoms with Crippen molar-refractivity contribution in [2.45, 2.75) is 6.92 Å². The largest absolute Gasteiger partial charge is 0.465 e. The number of benzene rings is 2. The summed E-state index contributed by atoms with van der Waals surface area (Å²) in [6.07, 6.45) is 0.996. The fraction of sp³-hybridized carbons (Fsp3) is 0.250. The van der Waals surface area contributed by atoms with E-state index in [1.54, 1.807) is 31.2 Å². The van der Waals surface area contributed by atoms with Crippen molar-refractivity contribution in [1.82, 2.24) is 0 Å². The summed E-state index contributed by atoms with van der Waals surface area (Å²) in [6.45, 7) is 1.30. The maximum absolute atomic E-state index is 12.6. The summed E-state index contributed by atoms with van der Waals surface area (Å²) < 4.78 is 34.7. The first-order valence-corrected chi connectivity index (χ1v) is 10.6. The Labute approximate surface area is 174 Å². The normalized spacial score (nSPS) is 10.8. The van der Waals surface area contributed by atoms with Gasteiger partial charge in [0.2, 0.25) is 15.9 Å². The van der Waals surface area contributed by atoms with Gasteiger partial charge in [-0.1, -0.05) is 12.1 Å². The van der Waals surface area contributed by atoms with Crippen LogP contribution in [-0.2, 0) is 24.3 Å². The van der Waals surface area contributed by atoms with Gasteiger partial charge in [0, 0.05) is 5.69 Å². The number of nitrogens with zero attached hydrogens (tertiary/aromatic N) is 1. The van der Waals surface area contributed by atoms with E-state index >= 15 is 0 Å². The average Bonchev–Trinajstić information content (AvgIpc) is 2.69. The maximum atomic E-state index is 12.6. The number of carbonyl (C=O) groups is 3. The Kier molecular flexibility index (Phi) is 7.17. The van der Waals surface area contributed by atoms with Gasteiger partial charge in [-0.3, -0.25) is 9.10 Å². The van der Waals surface area contributed by atoms with E-state index in [2.05, 4.69) is 14.8 Å². The fourth-order valence-electron chi connectivity index (χ4n) is 2.69. The number of ether oxygens (including phenoxy) is 2. The van der Waals surface area contributed by atoms with Crippen molar-refractivity contribution in [3.8, 4) is 0 Å². The number of carbonyl (C=O) groups excluding carboxylic acids is 3. The molecule has 1 N–H and O–H groups in total. The number of anilines is 2. The lowest BCUT2D eigenvalue weighted by Gasteiger charge is -2.22. The second-order valence-electron chi connectivity index (χ2n) is 6.44. The molecule has 30 heavy (non-hydrogen) atoms. The molecule has 0 aliphatic rings. The highest BCUT2D eigenvalue weighted by atomic mass is 32.2. The lowest BCUT2D eigenvalue weighted by molar-refractivity contribution is -0.114. The minimum Gasteiger partial charge on any atom is -0.465 e. The van der Waals surface area contributed by atoms with Gasteiger partial charge in [0.1, 0.15) is 6.54 Å².